The Balaban J connectivity index is 1.20. The minimum absolute atomic E-state index is 0.145. The van der Waals surface area contributed by atoms with Crippen LogP contribution in [-0.4, -0.2) is 78.4 Å². The second-order valence-corrected chi connectivity index (χ2v) is 8.82. The van der Waals surface area contributed by atoms with Gasteiger partial charge >= 0.3 is 0 Å². The Kier molecular flexibility index (Phi) is 4.74. The highest BCUT2D eigenvalue weighted by Gasteiger charge is 2.42. The summed E-state index contributed by atoms with van der Waals surface area (Å²) >= 11 is 0. The lowest BCUT2D eigenvalue weighted by atomic mass is 9.88. The van der Waals surface area contributed by atoms with Gasteiger partial charge in [0.25, 0.3) is 5.91 Å². The molecule has 1 aromatic rings. The van der Waals surface area contributed by atoms with E-state index in [2.05, 4.69) is 15.7 Å². The minimum Gasteiger partial charge on any atom is -0.381 e. The fraction of sp³-hybridized carbons (Fsp3) is 0.762. The number of amides is 1. The van der Waals surface area contributed by atoms with E-state index in [1.807, 2.05) is 17.0 Å². The quantitative estimate of drug-likeness (QED) is 0.812. The molecule has 6 nitrogen and oxygen atoms in total. The molecule has 1 aromatic heterocycles. The Morgan fingerprint density at radius 2 is 2.00 bits per heavy atom. The van der Waals surface area contributed by atoms with Crippen LogP contribution in [0.15, 0.2) is 18.3 Å². The normalized spacial score (nSPS) is 28.7. The third-order valence-corrected chi connectivity index (χ3v) is 6.78. The average molecular weight is 373 g/mol. The number of carbonyl (C=O) groups excluding carboxylic acids is 1. The van der Waals surface area contributed by atoms with E-state index in [1.54, 1.807) is 0 Å². The Hall–Kier alpha value is -1.37. The topological polar surface area (TPSA) is 46.9 Å². The van der Waals surface area contributed by atoms with Crippen molar-refractivity contribution in [3.05, 3.63) is 24.0 Å². The van der Waals surface area contributed by atoms with E-state index in [-0.39, 0.29) is 11.5 Å². The van der Waals surface area contributed by atoms with Crippen molar-refractivity contribution in [1.82, 2.24) is 14.4 Å². The first-order chi connectivity index (χ1) is 13.2. The van der Waals surface area contributed by atoms with Crippen molar-refractivity contribution >= 4 is 5.91 Å². The van der Waals surface area contributed by atoms with Crippen LogP contribution < -0.4 is 0 Å². The van der Waals surface area contributed by atoms with Crippen molar-refractivity contribution in [2.75, 3.05) is 52.5 Å². The molecule has 0 aromatic carbocycles. The fourth-order valence-corrected chi connectivity index (χ4v) is 4.96. The molecule has 1 unspecified atom stereocenters. The Labute approximate surface area is 161 Å². The van der Waals surface area contributed by atoms with Gasteiger partial charge in [0, 0.05) is 45.0 Å². The minimum atomic E-state index is -0.145. The molecule has 3 aliphatic heterocycles. The summed E-state index contributed by atoms with van der Waals surface area (Å²) in [4.78, 5) is 17.8. The lowest BCUT2D eigenvalue weighted by Crippen LogP contribution is -2.58. The van der Waals surface area contributed by atoms with Gasteiger partial charge < -0.3 is 23.8 Å². The summed E-state index contributed by atoms with van der Waals surface area (Å²) in [6.45, 7) is 7.22. The molecule has 0 bridgehead atoms. The van der Waals surface area contributed by atoms with Crippen LogP contribution in [0.25, 0.3) is 0 Å². The predicted molar refractivity (Wildman–Crippen MR) is 102 cm³/mol. The summed E-state index contributed by atoms with van der Waals surface area (Å²) in [7, 11) is 0. The Bertz CT molecular complexity index is 670. The molecular formula is C21H31N3O3. The van der Waals surface area contributed by atoms with E-state index in [9.17, 15) is 4.79 Å². The molecule has 1 spiro atoms. The maximum Gasteiger partial charge on any atom is 0.270 e. The molecule has 5 rings (SSSR count). The predicted octanol–water partition coefficient (Wildman–Crippen LogP) is 2.17. The standard InChI is InChI=1S/C21H31N3O3/c25-20(19-2-1-8-24(19)18-3-4-18)23-11-13-27-21(16-23)6-9-22(10-7-21)14-17-5-12-26-15-17/h1-2,8,17-18H,3-7,9-16H2. The summed E-state index contributed by atoms with van der Waals surface area (Å²) in [5, 5.41) is 0. The lowest BCUT2D eigenvalue weighted by molar-refractivity contribution is -0.128. The van der Waals surface area contributed by atoms with E-state index >= 15 is 0 Å². The van der Waals surface area contributed by atoms with Crippen molar-refractivity contribution in [1.29, 1.82) is 0 Å². The third kappa shape index (κ3) is 3.67. The lowest BCUT2D eigenvalue weighted by Gasteiger charge is -2.47. The van der Waals surface area contributed by atoms with E-state index in [4.69, 9.17) is 9.47 Å². The molecule has 27 heavy (non-hydrogen) atoms. The van der Waals surface area contributed by atoms with E-state index in [0.29, 0.717) is 25.1 Å². The number of hydrogen-bond donors (Lipinski definition) is 0. The molecule has 0 N–H and O–H groups in total. The highest BCUT2D eigenvalue weighted by molar-refractivity contribution is 5.93. The van der Waals surface area contributed by atoms with Crippen molar-refractivity contribution in [2.24, 2.45) is 5.92 Å². The smallest absolute Gasteiger partial charge is 0.270 e. The van der Waals surface area contributed by atoms with Crippen LogP contribution in [0.2, 0.25) is 0 Å². The number of carbonyl (C=O) groups is 1. The second-order valence-electron chi connectivity index (χ2n) is 8.82. The Morgan fingerprint density at radius 3 is 2.74 bits per heavy atom. The van der Waals surface area contributed by atoms with E-state index < -0.39 is 0 Å². The van der Waals surface area contributed by atoms with E-state index in [1.165, 1.54) is 19.3 Å². The molecule has 1 amide bonds. The molecule has 4 fully saturated rings. The maximum atomic E-state index is 13.2. The van der Waals surface area contributed by atoms with Crippen LogP contribution in [0.5, 0.6) is 0 Å². The molecule has 3 saturated heterocycles. The van der Waals surface area contributed by atoms with Gasteiger partial charge in [-0.25, -0.2) is 0 Å². The molecule has 1 atom stereocenters. The van der Waals surface area contributed by atoms with Crippen LogP contribution in [0.4, 0.5) is 0 Å². The van der Waals surface area contributed by atoms with Crippen LogP contribution >= 0.6 is 0 Å². The van der Waals surface area contributed by atoms with Gasteiger partial charge in [0.2, 0.25) is 0 Å². The Morgan fingerprint density at radius 1 is 1.15 bits per heavy atom. The highest BCUT2D eigenvalue weighted by atomic mass is 16.5. The van der Waals surface area contributed by atoms with Gasteiger partial charge in [-0.3, -0.25) is 4.79 Å². The number of nitrogens with zero attached hydrogens (tertiary/aromatic N) is 3. The first kappa shape index (κ1) is 17.7. The van der Waals surface area contributed by atoms with Gasteiger partial charge in [-0.15, -0.1) is 0 Å². The summed E-state index contributed by atoms with van der Waals surface area (Å²) in [5.41, 5.74) is 0.710. The first-order valence-corrected chi connectivity index (χ1v) is 10.6. The van der Waals surface area contributed by atoms with Gasteiger partial charge in [0.1, 0.15) is 5.69 Å². The van der Waals surface area contributed by atoms with Crippen molar-refractivity contribution in [3.8, 4) is 0 Å². The number of rotatable bonds is 4. The largest absolute Gasteiger partial charge is 0.381 e. The van der Waals surface area contributed by atoms with Gasteiger partial charge in [-0.05, 0) is 50.2 Å². The summed E-state index contributed by atoms with van der Waals surface area (Å²) in [6, 6.07) is 4.53. The molecule has 4 aliphatic rings. The maximum absolute atomic E-state index is 13.2. The van der Waals surface area contributed by atoms with Crippen molar-refractivity contribution in [3.63, 3.8) is 0 Å². The first-order valence-electron chi connectivity index (χ1n) is 10.6. The van der Waals surface area contributed by atoms with Crippen LogP contribution in [-0.2, 0) is 9.47 Å². The van der Waals surface area contributed by atoms with Gasteiger partial charge in [0.05, 0.1) is 25.4 Å². The zero-order valence-electron chi connectivity index (χ0n) is 16.1. The SMILES string of the molecule is O=C(c1cccn1C1CC1)N1CCOC2(CCN(CC3CCOC3)CC2)C1. The molecule has 4 heterocycles. The number of morpholine rings is 1. The molecule has 1 aliphatic carbocycles. The second kappa shape index (κ2) is 7.22. The van der Waals surface area contributed by atoms with Crippen LogP contribution in [0.3, 0.4) is 0 Å². The van der Waals surface area contributed by atoms with Crippen LogP contribution in [0, 0.1) is 5.92 Å². The molecule has 148 valence electrons. The van der Waals surface area contributed by atoms with Gasteiger partial charge in [-0.1, -0.05) is 0 Å². The van der Waals surface area contributed by atoms with Crippen molar-refractivity contribution in [2.45, 2.75) is 43.7 Å². The zero-order chi connectivity index (χ0) is 18.3. The van der Waals surface area contributed by atoms with Gasteiger partial charge in [-0.2, -0.15) is 0 Å². The highest BCUT2D eigenvalue weighted by Crippen LogP contribution is 2.37. The number of aromatic nitrogens is 1. The monoisotopic (exact) mass is 373 g/mol. The van der Waals surface area contributed by atoms with E-state index in [0.717, 1.165) is 57.9 Å². The summed E-state index contributed by atoms with van der Waals surface area (Å²) < 4.78 is 14.0. The number of ether oxygens (including phenoxy) is 2. The summed E-state index contributed by atoms with van der Waals surface area (Å²) in [5.74, 6) is 0.875. The van der Waals surface area contributed by atoms with Gasteiger partial charge in [0.15, 0.2) is 0 Å². The molecular weight excluding hydrogens is 342 g/mol. The van der Waals surface area contributed by atoms with Crippen LogP contribution in [0.1, 0.15) is 48.6 Å². The number of hydrogen-bond acceptors (Lipinski definition) is 4. The summed E-state index contributed by atoms with van der Waals surface area (Å²) in [6.07, 6.45) is 7.70. The fourth-order valence-electron chi connectivity index (χ4n) is 4.96. The number of piperidine rings is 1. The molecule has 1 saturated carbocycles. The molecule has 0 radical (unpaired) electrons. The third-order valence-electron chi connectivity index (χ3n) is 6.78. The number of likely N-dealkylation sites (tertiary alicyclic amines) is 1. The average Bonchev–Trinajstić information content (AvgIpc) is 3.19. The van der Waals surface area contributed by atoms with Crippen molar-refractivity contribution < 1.29 is 14.3 Å². The molecule has 6 heteroatoms. The zero-order valence-corrected chi connectivity index (χ0v) is 16.1.